The molecule has 4 aromatic rings. The Balaban J connectivity index is 1.91. The van der Waals surface area contributed by atoms with E-state index in [4.69, 9.17) is 0 Å². The fraction of sp³-hybridized carbons (Fsp3) is 0.0870. The average molecular weight is 340 g/mol. The van der Waals surface area contributed by atoms with Crippen LogP contribution in [-0.2, 0) is 13.0 Å². The van der Waals surface area contributed by atoms with Crippen LogP contribution in [0.2, 0.25) is 0 Å². The molecule has 0 amide bonds. The molecule has 0 bridgehead atoms. The molecule has 0 fully saturated rings. The van der Waals surface area contributed by atoms with Crippen LogP contribution >= 0.6 is 0 Å². The van der Waals surface area contributed by atoms with Crippen LogP contribution in [0.4, 0.5) is 0 Å². The highest BCUT2D eigenvalue weighted by molar-refractivity contribution is 5.86. The number of pyridine rings is 1. The van der Waals surface area contributed by atoms with Gasteiger partial charge in [-0.1, -0.05) is 84.6 Å². The SMILES string of the molecule is O=c1c(Cc2ccccc2)c([O-])c2ccccc2n1Cc1ccccc1. The molecule has 26 heavy (non-hydrogen) atoms. The van der Waals surface area contributed by atoms with E-state index < -0.39 is 0 Å². The minimum absolute atomic E-state index is 0.168. The number of benzene rings is 3. The van der Waals surface area contributed by atoms with Crippen LogP contribution in [0.3, 0.4) is 0 Å². The van der Waals surface area contributed by atoms with Gasteiger partial charge in [0.15, 0.2) is 0 Å². The zero-order chi connectivity index (χ0) is 17.9. The van der Waals surface area contributed by atoms with Gasteiger partial charge in [-0.05, 0) is 22.6 Å². The Bertz CT molecular complexity index is 1100. The van der Waals surface area contributed by atoms with Crippen molar-refractivity contribution in [1.82, 2.24) is 4.57 Å². The number of aromatic nitrogens is 1. The van der Waals surface area contributed by atoms with Crippen molar-refractivity contribution < 1.29 is 5.11 Å². The largest absolute Gasteiger partial charge is 0.872 e. The van der Waals surface area contributed by atoms with Crippen LogP contribution in [0.1, 0.15) is 16.7 Å². The van der Waals surface area contributed by atoms with E-state index >= 15 is 0 Å². The summed E-state index contributed by atoms with van der Waals surface area (Å²) in [4.78, 5) is 13.2. The van der Waals surface area contributed by atoms with Crippen molar-refractivity contribution in [2.45, 2.75) is 13.0 Å². The zero-order valence-electron chi connectivity index (χ0n) is 14.3. The lowest BCUT2D eigenvalue weighted by atomic mass is 10.0. The Labute approximate surface area is 151 Å². The number of hydrogen-bond donors (Lipinski definition) is 0. The third kappa shape index (κ3) is 3.00. The Morgan fingerprint density at radius 1 is 0.731 bits per heavy atom. The van der Waals surface area contributed by atoms with Gasteiger partial charge in [0.25, 0.3) is 5.56 Å². The van der Waals surface area contributed by atoms with Gasteiger partial charge in [-0.3, -0.25) is 4.79 Å². The maximum absolute atomic E-state index is 13.2. The van der Waals surface area contributed by atoms with Gasteiger partial charge in [0.1, 0.15) is 0 Å². The summed E-state index contributed by atoms with van der Waals surface area (Å²) in [6, 6.07) is 26.8. The highest BCUT2D eigenvalue weighted by Gasteiger charge is 2.12. The molecule has 3 aromatic carbocycles. The Kier molecular flexibility index (Phi) is 4.28. The van der Waals surface area contributed by atoms with E-state index in [-0.39, 0.29) is 11.3 Å². The Morgan fingerprint density at radius 2 is 1.31 bits per heavy atom. The first-order valence-corrected chi connectivity index (χ1v) is 8.63. The van der Waals surface area contributed by atoms with Crippen LogP contribution < -0.4 is 10.7 Å². The van der Waals surface area contributed by atoms with Gasteiger partial charge in [0, 0.05) is 12.0 Å². The summed E-state index contributed by atoms with van der Waals surface area (Å²) >= 11 is 0. The second-order valence-corrected chi connectivity index (χ2v) is 6.36. The second kappa shape index (κ2) is 6.89. The van der Waals surface area contributed by atoms with Gasteiger partial charge in [0.2, 0.25) is 0 Å². The van der Waals surface area contributed by atoms with E-state index in [0.717, 1.165) is 11.1 Å². The van der Waals surface area contributed by atoms with Crippen molar-refractivity contribution in [3.8, 4) is 5.75 Å². The number of para-hydroxylation sites is 1. The summed E-state index contributed by atoms with van der Waals surface area (Å²) in [6.45, 7) is 0.447. The van der Waals surface area contributed by atoms with Gasteiger partial charge >= 0.3 is 0 Å². The van der Waals surface area contributed by atoms with E-state index in [0.29, 0.717) is 29.4 Å². The Hall–Kier alpha value is -3.33. The molecule has 0 aliphatic heterocycles. The number of rotatable bonds is 4. The average Bonchev–Trinajstić information content (AvgIpc) is 2.70. The monoisotopic (exact) mass is 340 g/mol. The van der Waals surface area contributed by atoms with Gasteiger partial charge in [-0.2, -0.15) is 0 Å². The standard InChI is InChI=1S/C23H19NO2/c25-22-19-13-7-8-14-21(19)24(16-18-11-5-2-6-12-18)23(26)20(22)15-17-9-3-1-4-10-17/h1-14,25H,15-16H2/p-1. The van der Waals surface area contributed by atoms with Gasteiger partial charge in [-0.15, -0.1) is 0 Å². The molecule has 0 N–H and O–H groups in total. The summed E-state index contributed by atoms with van der Waals surface area (Å²) in [5.41, 5.74) is 2.79. The summed E-state index contributed by atoms with van der Waals surface area (Å²) in [7, 11) is 0. The van der Waals surface area contributed by atoms with Crippen molar-refractivity contribution in [1.29, 1.82) is 0 Å². The first-order valence-electron chi connectivity index (χ1n) is 8.63. The smallest absolute Gasteiger partial charge is 0.254 e. The molecule has 0 aliphatic carbocycles. The van der Waals surface area contributed by atoms with Gasteiger partial charge in [-0.25, -0.2) is 0 Å². The molecule has 0 saturated carbocycles. The predicted octanol–water partition coefficient (Wildman–Crippen LogP) is 3.71. The quantitative estimate of drug-likeness (QED) is 0.568. The highest BCUT2D eigenvalue weighted by atomic mass is 16.3. The third-order valence-electron chi connectivity index (χ3n) is 4.62. The maximum Gasteiger partial charge on any atom is 0.254 e. The van der Waals surface area contributed by atoms with E-state index in [1.807, 2.05) is 78.9 Å². The fourth-order valence-electron chi connectivity index (χ4n) is 3.31. The normalized spacial score (nSPS) is 10.9. The van der Waals surface area contributed by atoms with E-state index in [2.05, 4.69) is 0 Å². The third-order valence-corrected chi connectivity index (χ3v) is 4.62. The number of hydrogen-bond acceptors (Lipinski definition) is 2. The molecule has 0 atom stereocenters. The first kappa shape index (κ1) is 16.2. The van der Waals surface area contributed by atoms with E-state index in [1.54, 1.807) is 10.6 Å². The summed E-state index contributed by atoms with van der Waals surface area (Å²) in [6.07, 6.45) is 0.345. The first-order chi connectivity index (χ1) is 12.7. The molecule has 128 valence electrons. The molecule has 4 rings (SSSR count). The molecular formula is C23H18NO2-. The van der Waals surface area contributed by atoms with Crippen LogP contribution in [0.15, 0.2) is 89.7 Å². The topological polar surface area (TPSA) is 45.1 Å². The lowest BCUT2D eigenvalue weighted by Gasteiger charge is -2.21. The molecule has 1 aromatic heterocycles. The van der Waals surface area contributed by atoms with Crippen molar-refractivity contribution in [2.75, 3.05) is 0 Å². The second-order valence-electron chi connectivity index (χ2n) is 6.36. The minimum Gasteiger partial charge on any atom is -0.872 e. The minimum atomic E-state index is -0.207. The highest BCUT2D eigenvalue weighted by Crippen LogP contribution is 2.26. The predicted molar refractivity (Wildman–Crippen MR) is 102 cm³/mol. The fourth-order valence-corrected chi connectivity index (χ4v) is 3.31. The number of nitrogens with zero attached hydrogens (tertiary/aromatic N) is 1. The van der Waals surface area contributed by atoms with Crippen molar-refractivity contribution >= 4 is 10.9 Å². The maximum atomic E-state index is 13.2. The van der Waals surface area contributed by atoms with Crippen LogP contribution in [0, 0.1) is 0 Å². The zero-order valence-corrected chi connectivity index (χ0v) is 14.3. The molecular weight excluding hydrogens is 322 g/mol. The molecule has 1 heterocycles. The van der Waals surface area contributed by atoms with Gasteiger partial charge in [0.05, 0.1) is 12.1 Å². The molecule has 3 nitrogen and oxygen atoms in total. The molecule has 3 heteroatoms. The number of fused-ring (bicyclic) bond motifs is 1. The summed E-state index contributed by atoms with van der Waals surface area (Å²) in [5.74, 6) is -0.168. The Morgan fingerprint density at radius 3 is 2.00 bits per heavy atom. The summed E-state index contributed by atoms with van der Waals surface area (Å²) < 4.78 is 1.71. The molecule has 0 aliphatic rings. The lowest BCUT2D eigenvalue weighted by molar-refractivity contribution is -0.267. The van der Waals surface area contributed by atoms with Crippen LogP contribution in [0.5, 0.6) is 5.75 Å². The van der Waals surface area contributed by atoms with E-state index in [9.17, 15) is 9.90 Å². The van der Waals surface area contributed by atoms with Crippen molar-refractivity contribution in [3.05, 3.63) is 112 Å². The van der Waals surface area contributed by atoms with Crippen molar-refractivity contribution in [3.63, 3.8) is 0 Å². The van der Waals surface area contributed by atoms with E-state index in [1.165, 1.54) is 0 Å². The van der Waals surface area contributed by atoms with Crippen LogP contribution in [0.25, 0.3) is 10.9 Å². The molecule has 0 unspecified atom stereocenters. The lowest BCUT2D eigenvalue weighted by Crippen LogP contribution is -2.26. The molecule has 0 radical (unpaired) electrons. The van der Waals surface area contributed by atoms with Gasteiger partial charge < -0.3 is 9.67 Å². The molecule has 0 saturated heterocycles. The molecule has 0 spiro atoms. The summed E-state index contributed by atoms with van der Waals surface area (Å²) in [5, 5.41) is 13.5. The van der Waals surface area contributed by atoms with Crippen molar-refractivity contribution in [2.24, 2.45) is 0 Å². The van der Waals surface area contributed by atoms with Crippen LogP contribution in [-0.4, -0.2) is 4.57 Å².